The number of likely N-dealkylation sites (tertiary alicyclic amines) is 1. The summed E-state index contributed by atoms with van der Waals surface area (Å²) in [4.78, 5) is 33.5. The highest BCUT2D eigenvalue weighted by atomic mass is 16.6. The van der Waals surface area contributed by atoms with E-state index in [4.69, 9.17) is 18.9 Å². The van der Waals surface area contributed by atoms with Crippen molar-refractivity contribution in [3.63, 3.8) is 0 Å². The lowest BCUT2D eigenvalue weighted by atomic mass is 9.92. The summed E-state index contributed by atoms with van der Waals surface area (Å²) in [5, 5.41) is 0. The number of rotatable bonds is 15. The summed E-state index contributed by atoms with van der Waals surface area (Å²) in [6, 6.07) is 29.0. The van der Waals surface area contributed by atoms with E-state index < -0.39 is 24.4 Å². The predicted octanol–water partition coefficient (Wildman–Crippen LogP) is 4.15. The first kappa shape index (κ1) is 33.8. The van der Waals surface area contributed by atoms with E-state index in [1.807, 2.05) is 97.9 Å². The number of nitrogens with zero attached hydrogens (tertiary/aromatic N) is 3. The number of hydrogen-bond acceptors (Lipinski definition) is 8. The maximum absolute atomic E-state index is 14.3. The van der Waals surface area contributed by atoms with Crippen LogP contribution >= 0.6 is 0 Å². The van der Waals surface area contributed by atoms with Crippen molar-refractivity contribution in [1.29, 1.82) is 0 Å². The molecule has 0 spiro atoms. The third-order valence-corrected chi connectivity index (χ3v) is 8.60. The molecule has 9 nitrogen and oxygen atoms in total. The van der Waals surface area contributed by atoms with E-state index >= 15 is 0 Å². The molecule has 9 heteroatoms. The minimum Gasteiger partial charge on any atom is -0.462 e. The number of likely N-dealkylation sites (N-methyl/N-ethyl adjacent to an activating group) is 1. The Balaban J connectivity index is 1.41. The third kappa shape index (κ3) is 9.47. The topological polar surface area (TPSA) is 80.8 Å². The van der Waals surface area contributed by atoms with Gasteiger partial charge in [0.05, 0.1) is 32.4 Å². The summed E-state index contributed by atoms with van der Waals surface area (Å²) in [5.41, 5.74) is 2.93. The molecule has 2 fully saturated rings. The Hall–Kier alpha value is -3.60. The molecule has 0 aliphatic carbocycles. The predicted molar refractivity (Wildman–Crippen MR) is 176 cm³/mol. The second kappa shape index (κ2) is 17.4. The number of piperazine rings is 1. The molecule has 2 aliphatic rings. The van der Waals surface area contributed by atoms with Gasteiger partial charge in [-0.05, 0) is 30.2 Å². The van der Waals surface area contributed by atoms with Crippen LogP contribution in [0.3, 0.4) is 0 Å². The molecule has 3 aromatic rings. The van der Waals surface area contributed by atoms with Crippen molar-refractivity contribution < 1.29 is 28.5 Å². The number of ether oxygens (including phenoxy) is 4. The molecular weight excluding hydrogens is 582 g/mol. The normalized spacial score (nSPS) is 22.6. The average molecular weight is 630 g/mol. The van der Waals surface area contributed by atoms with E-state index in [0.29, 0.717) is 13.2 Å². The molecule has 0 N–H and O–H groups in total. The number of piperidine rings is 1. The van der Waals surface area contributed by atoms with Gasteiger partial charge in [-0.2, -0.15) is 0 Å². The number of benzene rings is 3. The Morgan fingerprint density at radius 1 is 0.717 bits per heavy atom. The molecule has 5 rings (SSSR count). The second-order valence-corrected chi connectivity index (χ2v) is 12.1. The average Bonchev–Trinajstić information content (AvgIpc) is 3.09. The van der Waals surface area contributed by atoms with E-state index in [9.17, 15) is 9.59 Å². The first-order valence-electron chi connectivity index (χ1n) is 16.4. The molecule has 2 heterocycles. The van der Waals surface area contributed by atoms with Crippen LogP contribution in [0.4, 0.5) is 0 Å². The zero-order valence-corrected chi connectivity index (χ0v) is 27.0. The lowest BCUT2D eigenvalue weighted by Gasteiger charge is -2.47. The van der Waals surface area contributed by atoms with Gasteiger partial charge in [-0.1, -0.05) is 97.9 Å². The van der Waals surface area contributed by atoms with Gasteiger partial charge in [0.2, 0.25) is 0 Å². The molecule has 4 atom stereocenters. The summed E-state index contributed by atoms with van der Waals surface area (Å²) in [5.74, 6) is -0.491. The van der Waals surface area contributed by atoms with Gasteiger partial charge in [0.25, 0.3) is 5.91 Å². The number of amides is 1. The van der Waals surface area contributed by atoms with Crippen LogP contribution in [-0.4, -0.2) is 104 Å². The van der Waals surface area contributed by atoms with Crippen molar-refractivity contribution >= 4 is 11.9 Å². The number of esters is 1. The van der Waals surface area contributed by atoms with E-state index in [1.165, 1.54) is 0 Å². The molecule has 1 amide bonds. The minimum absolute atomic E-state index is 0.00831. The van der Waals surface area contributed by atoms with Crippen molar-refractivity contribution in [2.75, 3.05) is 52.9 Å². The van der Waals surface area contributed by atoms with Crippen LogP contribution in [0, 0.1) is 0 Å². The van der Waals surface area contributed by atoms with Crippen molar-refractivity contribution in [1.82, 2.24) is 14.7 Å². The summed E-state index contributed by atoms with van der Waals surface area (Å²) >= 11 is 0. The highest BCUT2D eigenvalue weighted by molar-refractivity contribution is 5.83. The van der Waals surface area contributed by atoms with Crippen LogP contribution in [0.1, 0.15) is 30.0 Å². The zero-order chi connectivity index (χ0) is 32.1. The molecule has 0 saturated carbocycles. The quantitative estimate of drug-likeness (QED) is 0.232. The first-order valence-corrected chi connectivity index (χ1v) is 16.4. The lowest BCUT2D eigenvalue weighted by Crippen LogP contribution is -2.67. The van der Waals surface area contributed by atoms with Gasteiger partial charge >= 0.3 is 5.97 Å². The molecule has 46 heavy (non-hydrogen) atoms. The Morgan fingerprint density at radius 3 is 1.74 bits per heavy atom. The molecule has 2 saturated heterocycles. The maximum atomic E-state index is 14.3. The maximum Gasteiger partial charge on any atom is 0.320 e. The van der Waals surface area contributed by atoms with Gasteiger partial charge in [-0.25, -0.2) is 0 Å². The van der Waals surface area contributed by atoms with Crippen LogP contribution in [-0.2, 0) is 48.4 Å². The highest BCUT2D eigenvalue weighted by Crippen LogP contribution is 2.30. The highest BCUT2D eigenvalue weighted by Gasteiger charge is 2.51. The van der Waals surface area contributed by atoms with E-state index in [1.54, 1.807) is 4.90 Å². The molecule has 3 aromatic carbocycles. The van der Waals surface area contributed by atoms with Gasteiger partial charge in [0.1, 0.15) is 18.8 Å². The molecule has 246 valence electrons. The lowest BCUT2D eigenvalue weighted by molar-refractivity contribution is -0.213. The molecule has 0 bridgehead atoms. The monoisotopic (exact) mass is 629 g/mol. The van der Waals surface area contributed by atoms with Crippen molar-refractivity contribution in [2.24, 2.45) is 0 Å². The van der Waals surface area contributed by atoms with Gasteiger partial charge in [0.15, 0.2) is 6.10 Å². The third-order valence-electron chi connectivity index (χ3n) is 8.60. The SMILES string of the molecule is CCCN1C(=O)[C@H](OCc2ccccc2)[C@H](OCc2ccccc2)[C@H](OCc2ccccc2)[C@H]1COC(=O)CN1CCN(C)CC1. The van der Waals surface area contributed by atoms with Crippen molar-refractivity contribution in [3.05, 3.63) is 108 Å². The standard InChI is InChI=1S/C37H47N3O6/c1-3-19-40-32(28-43-33(41)24-39-22-20-38(2)21-23-39)34(44-25-29-13-7-4-8-14-29)35(45-26-30-15-9-5-10-16-30)36(37(40)42)46-27-31-17-11-6-12-18-31/h4-18,32,34-36H,3,19-28H2,1-2H3/t32-,34-,35-,36-/m1/s1. The van der Waals surface area contributed by atoms with Gasteiger partial charge in [0, 0.05) is 32.7 Å². The fraction of sp³-hybridized carbons (Fsp3) is 0.459. The number of carbonyl (C=O) groups excluding carboxylic acids is 2. The largest absolute Gasteiger partial charge is 0.462 e. The molecule has 0 aromatic heterocycles. The Bertz CT molecular complexity index is 1340. The van der Waals surface area contributed by atoms with Gasteiger partial charge < -0.3 is 28.7 Å². The summed E-state index contributed by atoms with van der Waals surface area (Å²) in [6.45, 7) is 7.01. The zero-order valence-electron chi connectivity index (χ0n) is 27.0. The Kier molecular flexibility index (Phi) is 12.7. The number of hydrogen-bond donors (Lipinski definition) is 0. The molecule has 0 unspecified atom stereocenters. The Labute approximate surface area is 273 Å². The van der Waals surface area contributed by atoms with Crippen LogP contribution in [0.2, 0.25) is 0 Å². The molecule has 0 radical (unpaired) electrons. The molecular formula is C37H47N3O6. The van der Waals surface area contributed by atoms with Gasteiger partial charge in [-0.15, -0.1) is 0 Å². The summed E-state index contributed by atoms with van der Waals surface area (Å²) < 4.78 is 25.6. The van der Waals surface area contributed by atoms with Crippen LogP contribution < -0.4 is 0 Å². The summed E-state index contributed by atoms with van der Waals surface area (Å²) in [6.07, 6.45) is -1.54. The van der Waals surface area contributed by atoms with Crippen LogP contribution in [0.15, 0.2) is 91.0 Å². The minimum atomic E-state index is -0.909. The summed E-state index contributed by atoms with van der Waals surface area (Å²) in [7, 11) is 2.08. The van der Waals surface area contributed by atoms with E-state index in [2.05, 4.69) is 16.8 Å². The van der Waals surface area contributed by atoms with Crippen LogP contribution in [0.25, 0.3) is 0 Å². The van der Waals surface area contributed by atoms with Gasteiger partial charge in [-0.3, -0.25) is 14.5 Å². The fourth-order valence-corrected chi connectivity index (χ4v) is 6.00. The van der Waals surface area contributed by atoms with E-state index in [0.717, 1.165) is 49.3 Å². The van der Waals surface area contributed by atoms with Crippen molar-refractivity contribution in [3.8, 4) is 0 Å². The smallest absolute Gasteiger partial charge is 0.320 e. The second-order valence-electron chi connectivity index (χ2n) is 12.1. The fourth-order valence-electron chi connectivity index (χ4n) is 6.00. The number of carbonyl (C=O) groups is 2. The van der Waals surface area contributed by atoms with Crippen molar-refractivity contribution in [2.45, 2.75) is 57.5 Å². The molecule has 2 aliphatic heterocycles. The Morgan fingerprint density at radius 2 is 1.22 bits per heavy atom. The first-order chi connectivity index (χ1) is 22.5. The van der Waals surface area contributed by atoms with E-state index in [-0.39, 0.29) is 38.2 Å². The van der Waals surface area contributed by atoms with Crippen LogP contribution in [0.5, 0.6) is 0 Å².